The van der Waals surface area contributed by atoms with Crippen molar-refractivity contribution in [2.45, 2.75) is 19.9 Å². The Bertz CT molecular complexity index is 690. The van der Waals surface area contributed by atoms with Crippen LogP contribution in [0.15, 0.2) is 52.2 Å². The fraction of sp³-hybridized carbons (Fsp3) is 0.389. The van der Waals surface area contributed by atoms with Gasteiger partial charge in [-0.15, -0.1) is 24.0 Å². The fourth-order valence-electron chi connectivity index (χ4n) is 2.26. The average molecular weight is 549 g/mol. The number of carbonyl (C=O) groups is 1. The zero-order valence-electron chi connectivity index (χ0n) is 15.3. The predicted molar refractivity (Wildman–Crippen MR) is 123 cm³/mol. The van der Waals surface area contributed by atoms with Crippen LogP contribution in [0.4, 0.5) is 0 Å². The van der Waals surface area contributed by atoms with Crippen LogP contribution >= 0.6 is 39.9 Å². The van der Waals surface area contributed by atoms with Crippen LogP contribution in [0, 0.1) is 0 Å². The Morgan fingerprint density at radius 2 is 1.93 bits per heavy atom. The summed E-state index contributed by atoms with van der Waals surface area (Å²) in [5.41, 5.74) is 0.646. The third-order valence-electron chi connectivity index (χ3n) is 3.53. The number of hydrogen-bond donors (Lipinski definition) is 3. The van der Waals surface area contributed by atoms with Gasteiger partial charge in [-0.25, -0.2) is 0 Å². The number of aromatic nitrogens is 2. The molecule has 7 nitrogen and oxygen atoms in total. The second-order valence-corrected chi connectivity index (χ2v) is 6.49. The number of benzene rings is 1. The molecule has 0 aliphatic heterocycles. The zero-order chi connectivity index (χ0) is 18.6. The number of aryl methyl sites for hydroxylation is 1. The number of carbonyl (C=O) groups excluding carboxylic acids is 1. The van der Waals surface area contributed by atoms with E-state index < -0.39 is 0 Å². The molecule has 0 aliphatic rings. The number of hydrogen-bond acceptors (Lipinski definition) is 3. The minimum atomic E-state index is -0.0829. The molecule has 0 atom stereocenters. The van der Waals surface area contributed by atoms with Crippen molar-refractivity contribution in [1.29, 1.82) is 0 Å². The summed E-state index contributed by atoms with van der Waals surface area (Å²) >= 11 is 3.36. The van der Waals surface area contributed by atoms with Crippen LogP contribution < -0.4 is 16.0 Å². The molecule has 0 spiro atoms. The highest BCUT2D eigenvalue weighted by Crippen LogP contribution is 2.10. The number of aliphatic imine (C=N–C) groups is 1. The lowest BCUT2D eigenvalue weighted by Crippen LogP contribution is -2.41. The highest BCUT2D eigenvalue weighted by Gasteiger charge is 2.04. The topological polar surface area (TPSA) is 83.3 Å². The fourth-order valence-corrected chi connectivity index (χ4v) is 2.52. The molecule has 0 radical (unpaired) electrons. The highest BCUT2D eigenvalue weighted by atomic mass is 127. The van der Waals surface area contributed by atoms with Gasteiger partial charge in [0, 0.05) is 55.2 Å². The maximum absolute atomic E-state index is 12.0. The maximum atomic E-state index is 12.0. The van der Waals surface area contributed by atoms with Gasteiger partial charge in [-0.05, 0) is 43.7 Å². The van der Waals surface area contributed by atoms with Crippen LogP contribution in [-0.2, 0) is 6.54 Å². The van der Waals surface area contributed by atoms with Gasteiger partial charge in [-0.2, -0.15) is 5.10 Å². The van der Waals surface area contributed by atoms with E-state index in [2.05, 4.69) is 42.0 Å². The first-order chi connectivity index (χ1) is 12.7. The number of guanidine groups is 1. The molecule has 0 unspecified atom stereocenters. The number of nitrogens with one attached hydrogen (secondary N) is 3. The Balaban J connectivity index is 0.00000364. The zero-order valence-corrected chi connectivity index (χ0v) is 19.2. The summed E-state index contributed by atoms with van der Waals surface area (Å²) in [7, 11) is 0. The molecule has 2 rings (SSSR count). The van der Waals surface area contributed by atoms with Crippen LogP contribution in [-0.4, -0.2) is 47.8 Å². The van der Waals surface area contributed by atoms with Gasteiger partial charge < -0.3 is 16.0 Å². The lowest BCUT2D eigenvalue weighted by Gasteiger charge is -2.12. The smallest absolute Gasteiger partial charge is 0.251 e. The largest absolute Gasteiger partial charge is 0.357 e. The predicted octanol–water partition coefficient (Wildman–Crippen LogP) is 2.64. The Hall–Kier alpha value is -1.62. The van der Waals surface area contributed by atoms with E-state index in [9.17, 15) is 4.79 Å². The van der Waals surface area contributed by atoms with Crippen LogP contribution in [0.1, 0.15) is 23.7 Å². The third-order valence-corrected chi connectivity index (χ3v) is 4.06. The summed E-state index contributed by atoms with van der Waals surface area (Å²) < 4.78 is 2.85. The third kappa shape index (κ3) is 9.23. The Morgan fingerprint density at radius 1 is 1.19 bits per heavy atom. The minimum absolute atomic E-state index is 0. The SMILES string of the molecule is CCNC(=NCCCn1cccn1)NCCNC(=O)c1ccc(Br)cc1.I. The molecule has 0 saturated heterocycles. The molecule has 1 heterocycles. The molecule has 0 bridgehead atoms. The molecule has 0 fully saturated rings. The van der Waals surface area contributed by atoms with E-state index in [1.807, 2.05) is 36.0 Å². The van der Waals surface area contributed by atoms with Crippen molar-refractivity contribution in [3.63, 3.8) is 0 Å². The summed E-state index contributed by atoms with van der Waals surface area (Å²) in [6, 6.07) is 9.20. The van der Waals surface area contributed by atoms with Gasteiger partial charge in [0.05, 0.1) is 0 Å². The van der Waals surface area contributed by atoms with Crippen LogP contribution in [0.5, 0.6) is 0 Å². The molecule has 1 aromatic heterocycles. The van der Waals surface area contributed by atoms with E-state index in [0.717, 1.165) is 29.9 Å². The first kappa shape index (κ1) is 23.4. The van der Waals surface area contributed by atoms with Crippen molar-refractivity contribution >= 4 is 51.8 Å². The van der Waals surface area contributed by atoms with E-state index in [4.69, 9.17) is 0 Å². The van der Waals surface area contributed by atoms with Crippen molar-refractivity contribution in [1.82, 2.24) is 25.7 Å². The second-order valence-electron chi connectivity index (χ2n) is 5.57. The van der Waals surface area contributed by atoms with E-state index in [1.54, 1.807) is 18.3 Å². The molecule has 2 aromatic rings. The normalized spacial score (nSPS) is 10.8. The molecule has 27 heavy (non-hydrogen) atoms. The van der Waals surface area contributed by atoms with Gasteiger partial charge in [0.2, 0.25) is 0 Å². The summed E-state index contributed by atoms with van der Waals surface area (Å²) in [5, 5.41) is 13.5. The first-order valence-electron chi connectivity index (χ1n) is 8.72. The molecule has 1 amide bonds. The molecule has 148 valence electrons. The van der Waals surface area contributed by atoms with Gasteiger partial charge in [0.1, 0.15) is 0 Å². The maximum Gasteiger partial charge on any atom is 0.251 e. The van der Waals surface area contributed by atoms with E-state index in [1.165, 1.54) is 0 Å². The molecule has 0 aliphatic carbocycles. The van der Waals surface area contributed by atoms with Gasteiger partial charge in [-0.1, -0.05) is 15.9 Å². The van der Waals surface area contributed by atoms with Crippen LogP contribution in [0.3, 0.4) is 0 Å². The van der Waals surface area contributed by atoms with Crippen molar-refractivity contribution in [3.05, 3.63) is 52.8 Å². The van der Waals surface area contributed by atoms with E-state index >= 15 is 0 Å². The second kappa shape index (κ2) is 13.5. The number of nitrogens with zero attached hydrogens (tertiary/aromatic N) is 3. The summed E-state index contributed by atoms with van der Waals surface area (Å²) in [5.74, 6) is 0.673. The quantitative estimate of drug-likeness (QED) is 0.195. The molecular weight excluding hydrogens is 523 g/mol. The van der Waals surface area contributed by atoms with Crippen molar-refractivity contribution in [2.75, 3.05) is 26.2 Å². The molecule has 9 heteroatoms. The molecule has 1 aromatic carbocycles. The van der Waals surface area contributed by atoms with Gasteiger partial charge in [0.15, 0.2) is 5.96 Å². The minimum Gasteiger partial charge on any atom is -0.357 e. The number of amides is 1. The van der Waals surface area contributed by atoms with Crippen molar-refractivity contribution in [2.24, 2.45) is 4.99 Å². The average Bonchev–Trinajstić information content (AvgIpc) is 3.16. The van der Waals surface area contributed by atoms with Gasteiger partial charge in [0.25, 0.3) is 5.91 Å². The highest BCUT2D eigenvalue weighted by molar-refractivity contribution is 14.0. The van der Waals surface area contributed by atoms with Crippen molar-refractivity contribution in [3.8, 4) is 0 Å². The monoisotopic (exact) mass is 548 g/mol. The van der Waals surface area contributed by atoms with E-state index in [0.29, 0.717) is 25.2 Å². The lowest BCUT2D eigenvalue weighted by atomic mass is 10.2. The van der Waals surface area contributed by atoms with Gasteiger partial charge >= 0.3 is 0 Å². The van der Waals surface area contributed by atoms with E-state index in [-0.39, 0.29) is 29.9 Å². The van der Waals surface area contributed by atoms with Crippen LogP contribution in [0.2, 0.25) is 0 Å². The Morgan fingerprint density at radius 3 is 2.59 bits per heavy atom. The summed E-state index contributed by atoms with van der Waals surface area (Å²) in [4.78, 5) is 16.6. The Labute approximate surface area is 185 Å². The summed E-state index contributed by atoms with van der Waals surface area (Å²) in [6.07, 6.45) is 4.64. The van der Waals surface area contributed by atoms with Crippen molar-refractivity contribution < 1.29 is 4.79 Å². The molecular formula is C18H26BrIN6O. The summed E-state index contributed by atoms with van der Waals surface area (Å²) in [6.45, 7) is 5.49. The number of rotatable bonds is 9. The first-order valence-corrected chi connectivity index (χ1v) is 9.51. The van der Waals surface area contributed by atoms with Crippen LogP contribution in [0.25, 0.3) is 0 Å². The standard InChI is InChI=1S/C18H25BrN6O.HI/c1-2-20-18(22-9-3-13-25-14-4-10-24-25)23-12-11-21-17(26)15-5-7-16(19)8-6-15;/h4-8,10,14H,2-3,9,11-13H2,1H3,(H,21,26)(H2,20,22,23);1H. The molecule has 0 saturated carbocycles. The van der Waals surface area contributed by atoms with Gasteiger partial charge in [-0.3, -0.25) is 14.5 Å². The lowest BCUT2D eigenvalue weighted by molar-refractivity contribution is 0.0954. The Kier molecular flexibility index (Phi) is 11.7. The molecule has 3 N–H and O–H groups in total. The number of halogens is 2.